The van der Waals surface area contributed by atoms with Gasteiger partial charge in [-0.05, 0) is 29.7 Å². The highest BCUT2D eigenvalue weighted by atomic mass is 16.6. The molecule has 0 N–H and O–H groups in total. The highest BCUT2D eigenvalue weighted by Crippen LogP contribution is 2.24. The average molecular weight is 326 g/mol. The van der Waals surface area contributed by atoms with E-state index in [0.29, 0.717) is 13.1 Å². The SMILES string of the molecule is O=C1COC(c2ccc([N+](=O)[O-])cc2)CN1CCc1ccccc1. The molecule has 0 saturated carbocycles. The summed E-state index contributed by atoms with van der Waals surface area (Å²) in [5, 5.41) is 10.7. The maximum absolute atomic E-state index is 12.0. The average Bonchev–Trinajstić information content (AvgIpc) is 2.62. The fraction of sp³-hybridized carbons (Fsp3) is 0.278. The molecule has 1 amide bonds. The zero-order valence-corrected chi connectivity index (χ0v) is 13.1. The Morgan fingerprint density at radius 1 is 1.12 bits per heavy atom. The molecule has 2 aromatic carbocycles. The lowest BCUT2D eigenvalue weighted by molar-refractivity contribution is -0.384. The number of non-ortho nitro benzene ring substituents is 1. The zero-order valence-electron chi connectivity index (χ0n) is 13.1. The van der Waals surface area contributed by atoms with Crippen LogP contribution in [0.4, 0.5) is 5.69 Å². The Hall–Kier alpha value is -2.73. The first kappa shape index (κ1) is 16.1. The van der Waals surface area contributed by atoms with Crippen molar-refractivity contribution in [3.63, 3.8) is 0 Å². The van der Waals surface area contributed by atoms with E-state index in [1.807, 2.05) is 30.3 Å². The molecule has 1 aliphatic rings. The number of benzene rings is 2. The Balaban J connectivity index is 1.64. The second-order valence-electron chi connectivity index (χ2n) is 5.72. The molecule has 3 rings (SSSR count). The predicted octanol–water partition coefficient (Wildman–Crippen LogP) is 2.74. The molecular formula is C18H18N2O4. The molecule has 1 atom stereocenters. The normalized spacial score (nSPS) is 17.8. The van der Waals surface area contributed by atoms with Crippen LogP contribution in [0.2, 0.25) is 0 Å². The third-order valence-electron chi connectivity index (χ3n) is 4.14. The molecule has 6 nitrogen and oxygen atoms in total. The molecular weight excluding hydrogens is 308 g/mol. The molecule has 0 aliphatic carbocycles. The van der Waals surface area contributed by atoms with E-state index in [9.17, 15) is 14.9 Å². The summed E-state index contributed by atoms with van der Waals surface area (Å²) in [5.74, 6) is -0.0240. The van der Waals surface area contributed by atoms with Gasteiger partial charge in [-0.15, -0.1) is 0 Å². The van der Waals surface area contributed by atoms with Crippen LogP contribution in [-0.4, -0.2) is 35.4 Å². The topological polar surface area (TPSA) is 72.7 Å². The lowest BCUT2D eigenvalue weighted by atomic mass is 10.1. The van der Waals surface area contributed by atoms with Gasteiger partial charge >= 0.3 is 0 Å². The van der Waals surface area contributed by atoms with Crippen LogP contribution in [-0.2, 0) is 16.0 Å². The maximum atomic E-state index is 12.0. The van der Waals surface area contributed by atoms with Crippen molar-refractivity contribution < 1.29 is 14.5 Å². The minimum Gasteiger partial charge on any atom is -0.362 e. The van der Waals surface area contributed by atoms with Crippen LogP contribution in [0.1, 0.15) is 17.2 Å². The number of amides is 1. The van der Waals surface area contributed by atoms with Gasteiger partial charge in [0.05, 0.1) is 11.5 Å². The number of rotatable bonds is 5. The zero-order chi connectivity index (χ0) is 16.9. The number of carbonyl (C=O) groups excluding carboxylic acids is 1. The van der Waals surface area contributed by atoms with E-state index in [0.717, 1.165) is 12.0 Å². The number of carbonyl (C=O) groups is 1. The van der Waals surface area contributed by atoms with Gasteiger partial charge in [-0.1, -0.05) is 30.3 Å². The van der Waals surface area contributed by atoms with E-state index in [1.165, 1.54) is 17.7 Å². The molecule has 1 unspecified atom stereocenters. The molecule has 1 aliphatic heterocycles. The largest absolute Gasteiger partial charge is 0.362 e. The number of ether oxygens (including phenoxy) is 1. The summed E-state index contributed by atoms with van der Waals surface area (Å²) in [6.45, 7) is 1.13. The van der Waals surface area contributed by atoms with E-state index in [1.54, 1.807) is 17.0 Å². The van der Waals surface area contributed by atoms with Gasteiger partial charge in [0.25, 0.3) is 5.69 Å². The van der Waals surface area contributed by atoms with Crippen molar-refractivity contribution in [2.24, 2.45) is 0 Å². The summed E-state index contributed by atoms with van der Waals surface area (Å²) in [5.41, 5.74) is 2.08. The van der Waals surface area contributed by atoms with Crippen LogP contribution in [0.5, 0.6) is 0 Å². The second-order valence-corrected chi connectivity index (χ2v) is 5.72. The number of morpholine rings is 1. The number of nitro groups is 1. The Kier molecular flexibility index (Phi) is 4.86. The number of hydrogen-bond acceptors (Lipinski definition) is 4. The highest BCUT2D eigenvalue weighted by molar-refractivity contribution is 5.78. The fourth-order valence-electron chi connectivity index (χ4n) is 2.75. The van der Waals surface area contributed by atoms with Gasteiger partial charge in [0.1, 0.15) is 12.7 Å². The van der Waals surface area contributed by atoms with E-state index in [4.69, 9.17) is 4.74 Å². The van der Waals surface area contributed by atoms with Gasteiger partial charge in [-0.25, -0.2) is 0 Å². The van der Waals surface area contributed by atoms with Crippen LogP contribution < -0.4 is 0 Å². The van der Waals surface area contributed by atoms with Gasteiger partial charge in [0.15, 0.2) is 0 Å². The molecule has 0 spiro atoms. The molecule has 1 fully saturated rings. The molecule has 0 radical (unpaired) electrons. The molecule has 2 aromatic rings. The quantitative estimate of drug-likeness (QED) is 0.625. The van der Waals surface area contributed by atoms with Gasteiger partial charge in [0, 0.05) is 18.7 Å². The van der Waals surface area contributed by atoms with Crippen LogP contribution >= 0.6 is 0 Å². The second kappa shape index (κ2) is 7.23. The molecule has 0 aromatic heterocycles. The first-order valence-electron chi connectivity index (χ1n) is 7.81. The van der Waals surface area contributed by atoms with Crippen molar-refractivity contribution in [1.29, 1.82) is 0 Å². The summed E-state index contributed by atoms with van der Waals surface area (Å²) >= 11 is 0. The first-order chi connectivity index (χ1) is 11.6. The predicted molar refractivity (Wildman–Crippen MR) is 88.5 cm³/mol. The Morgan fingerprint density at radius 3 is 2.50 bits per heavy atom. The van der Waals surface area contributed by atoms with E-state index >= 15 is 0 Å². The van der Waals surface area contributed by atoms with Gasteiger partial charge in [-0.3, -0.25) is 14.9 Å². The molecule has 0 bridgehead atoms. The molecule has 124 valence electrons. The Bertz CT molecular complexity index is 716. The van der Waals surface area contributed by atoms with Gasteiger partial charge in [0.2, 0.25) is 5.91 Å². The van der Waals surface area contributed by atoms with Crippen LogP contribution in [0, 0.1) is 10.1 Å². The van der Waals surface area contributed by atoms with Crippen LogP contribution in [0.3, 0.4) is 0 Å². The Labute approximate surface area is 139 Å². The summed E-state index contributed by atoms with van der Waals surface area (Å²) in [6, 6.07) is 16.3. The lowest BCUT2D eigenvalue weighted by Crippen LogP contribution is -2.44. The van der Waals surface area contributed by atoms with E-state index in [2.05, 4.69) is 0 Å². The maximum Gasteiger partial charge on any atom is 0.269 e. The highest BCUT2D eigenvalue weighted by Gasteiger charge is 2.27. The monoisotopic (exact) mass is 326 g/mol. The number of nitro benzene ring substituents is 1. The van der Waals surface area contributed by atoms with Crippen molar-refractivity contribution in [2.45, 2.75) is 12.5 Å². The molecule has 24 heavy (non-hydrogen) atoms. The lowest BCUT2D eigenvalue weighted by Gasteiger charge is -2.33. The minimum absolute atomic E-state index is 0.0240. The summed E-state index contributed by atoms with van der Waals surface area (Å²) in [6.07, 6.45) is 0.541. The van der Waals surface area contributed by atoms with Gasteiger partial charge in [-0.2, -0.15) is 0 Å². The summed E-state index contributed by atoms with van der Waals surface area (Å²) in [7, 11) is 0. The van der Waals surface area contributed by atoms with Crippen LogP contribution in [0.15, 0.2) is 54.6 Å². The fourth-order valence-corrected chi connectivity index (χ4v) is 2.75. The van der Waals surface area contributed by atoms with Crippen molar-refractivity contribution in [2.75, 3.05) is 19.7 Å². The summed E-state index contributed by atoms with van der Waals surface area (Å²) in [4.78, 5) is 24.1. The van der Waals surface area contributed by atoms with E-state index < -0.39 is 4.92 Å². The van der Waals surface area contributed by atoms with Crippen molar-refractivity contribution in [1.82, 2.24) is 4.90 Å². The van der Waals surface area contributed by atoms with Crippen molar-refractivity contribution >= 4 is 11.6 Å². The van der Waals surface area contributed by atoms with Crippen molar-refractivity contribution in [3.8, 4) is 0 Å². The number of nitrogens with zero attached hydrogens (tertiary/aromatic N) is 2. The van der Waals surface area contributed by atoms with Gasteiger partial charge < -0.3 is 9.64 Å². The van der Waals surface area contributed by atoms with Crippen molar-refractivity contribution in [3.05, 3.63) is 75.8 Å². The molecule has 1 heterocycles. The molecule has 6 heteroatoms. The molecule has 1 saturated heterocycles. The van der Waals surface area contributed by atoms with Crippen LogP contribution in [0.25, 0.3) is 0 Å². The Morgan fingerprint density at radius 2 is 1.83 bits per heavy atom. The van der Waals surface area contributed by atoms with E-state index in [-0.39, 0.29) is 24.3 Å². The summed E-state index contributed by atoms with van der Waals surface area (Å²) < 4.78 is 5.60. The first-order valence-corrected chi connectivity index (χ1v) is 7.81. The minimum atomic E-state index is -0.429. The number of hydrogen-bond donors (Lipinski definition) is 0. The third kappa shape index (κ3) is 3.78. The third-order valence-corrected chi connectivity index (χ3v) is 4.14. The smallest absolute Gasteiger partial charge is 0.269 e. The standard InChI is InChI=1S/C18H18N2O4/c21-18-13-24-17(15-6-8-16(9-7-15)20(22)23)12-19(18)11-10-14-4-2-1-3-5-14/h1-9,17H,10-13H2.